The van der Waals surface area contributed by atoms with Gasteiger partial charge in [-0.3, -0.25) is 4.98 Å². The molecule has 106 valence electrons. The van der Waals surface area contributed by atoms with E-state index in [0.717, 1.165) is 11.3 Å². The van der Waals surface area contributed by atoms with Crippen LogP contribution < -0.4 is 5.32 Å². The predicted molar refractivity (Wildman–Crippen MR) is 78.9 cm³/mol. The van der Waals surface area contributed by atoms with Crippen LogP contribution >= 0.6 is 0 Å². The van der Waals surface area contributed by atoms with Gasteiger partial charge in [0, 0.05) is 18.9 Å². The van der Waals surface area contributed by atoms with Crippen molar-refractivity contribution in [2.24, 2.45) is 0 Å². The molecular formula is C17H15FN2O. The third-order valence-corrected chi connectivity index (χ3v) is 3.15. The Morgan fingerprint density at radius 3 is 2.71 bits per heavy atom. The molecular weight excluding hydrogens is 267 g/mol. The Morgan fingerprint density at radius 1 is 1.00 bits per heavy atom. The van der Waals surface area contributed by atoms with Crippen LogP contribution in [0.15, 0.2) is 65.3 Å². The van der Waals surface area contributed by atoms with E-state index in [2.05, 4.69) is 10.3 Å². The SMILES string of the molecule is Fc1ccccc1-c1ccc(CNCc2cccnc2)o1. The Kier molecular flexibility index (Phi) is 4.07. The Balaban J connectivity index is 1.62. The first-order valence-electron chi connectivity index (χ1n) is 6.76. The zero-order valence-electron chi connectivity index (χ0n) is 11.4. The van der Waals surface area contributed by atoms with Gasteiger partial charge in [-0.25, -0.2) is 4.39 Å². The fraction of sp³-hybridized carbons (Fsp3) is 0.118. The third-order valence-electron chi connectivity index (χ3n) is 3.15. The summed E-state index contributed by atoms with van der Waals surface area (Å²) in [6.07, 6.45) is 3.57. The van der Waals surface area contributed by atoms with Crippen molar-refractivity contribution in [3.8, 4) is 11.3 Å². The van der Waals surface area contributed by atoms with Gasteiger partial charge in [0.05, 0.1) is 12.1 Å². The van der Waals surface area contributed by atoms with E-state index in [0.29, 0.717) is 24.4 Å². The van der Waals surface area contributed by atoms with Crippen LogP contribution in [0, 0.1) is 5.82 Å². The summed E-state index contributed by atoms with van der Waals surface area (Å²) < 4.78 is 19.3. The summed E-state index contributed by atoms with van der Waals surface area (Å²) in [6.45, 7) is 1.30. The molecule has 0 fully saturated rings. The first-order chi connectivity index (χ1) is 10.3. The smallest absolute Gasteiger partial charge is 0.137 e. The summed E-state index contributed by atoms with van der Waals surface area (Å²) >= 11 is 0. The molecule has 0 radical (unpaired) electrons. The van der Waals surface area contributed by atoms with Crippen molar-refractivity contribution < 1.29 is 8.81 Å². The summed E-state index contributed by atoms with van der Waals surface area (Å²) in [5.74, 6) is 1.05. The van der Waals surface area contributed by atoms with Crippen molar-refractivity contribution in [3.63, 3.8) is 0 Å². The number of hydrogen-bond acceptors (Lipinski definition) is 3. The summed E-state index contributed by atoms with van der Waals surface area (Å²) in [6, 6.07) is 14.2. The van der Waals surface area contributed by atoms with Gasteiger partial charge in [-0.1, -0.05) is 18.2 Å². The Labute approximate surface area is 122 Å². The van der Waals surface area contributed by atoms with Crippen molar-refractivity contribution in [1.82, 2.24) is 10.3 Å². The van der Waals surface area contributed by atoms with E-state index in [4.69, 9.17) is 4.42 Å². The average Bonchev–Trinajstić information content (AvgIpc) is 2.97. The molecule has 0 saturated carbocycles. The van der Waals surface area contributed by atoms with Gasteiger partial charge in [0.15, 0.2) is 0 Å². The Hall–Kier alpha value is -2.46. The highest BCUT2D eigenvalue weighted by Gasteiger charge is 2.08. The fourth-order valence-corrected chi connectivity index (χ4v) is 2.11. The van der Waals surface area contributed by atoms with Gasteiger partial charge >= 0.3 is 0 Å². The molecule has 3 rings (SSSR count). The topological polar surface area (TPSA) is 38.1 Å². The number of hydrogen-bond donors (Lipinski definition) is 1. The van der Waals surface area contributed by atoms with Crippen LogP contribution in [0.3, 0.4) is 0 Å². The van der Waals surface area contributed by atoms with E-state index >= 15 is 0 Å². The molecule has 2 heterocycles. The van der Waals surface area contributed by atoms with Gasteiger partial charge in [0.1, 0.15) is 17.3 Å². The van der Waals surface area contributed by atoms with Crippen LogP contribution in [0.1, 0.15) is 11.3 Å². The Morgan fingerprint density at radius 2 is 1.90 bits per heavy atom. The highest BCUT2D eigenvalue weighted by atomic mass is 19.1. The molecule has 1 aromatic carbocycles. The first-order valence-corrected chi connectivity index (χ1v) is 6.76. The maximum absolute atomic E-state index is 13.7. The van der Waals surface area contributed by atoms with E-state index in [1.807, 2.05) is 24.4 Å². The van der Waals surface area contributed by atoms with E-state index in [-0.39, 0.29) is 5.82 Å². The molecule has 0 bridgehead atoms. The molecule has 1 N–H and O–H groups in total. The van der Waals surface area contributed by atoms with E-state index in [1.54, 1.807) is 30.5 Å². The van der Waals surface area contributed by atoms with Crippen molar-refractivity contribution in [3.05, 3.63) is 78.1 Å². The van der Waals surface area contributed by atoms with Gasteiger partial charge in [0.2, 0.25) is 0 Å². The molecule has 0 atom stereocenters. The number of furan rings is 1. The number of rotatable bonds is 5. The second-order valence-corrected chi connectivity index (χ2v) is 4.71. The third kappa shape index (κ3) is 3.35. The Bertz CT molecular complexity index is 710. The maximum Gasteiger partial charge on any atom is 0.137 e. The molecule has 0 aliphatic rings. The zero-order chi connectivity index (χ0) is 14.5. The normalized spacial score (nSPS) is 10.7. The molecule has 0 aliphatic heterocycles. The van der Waals surface area contributed by atoms with Gasteiger partial charge in [0.25, 0.3) is 0 Å². The molecule has 21 heavy (non-hydrogen) atoms. The number of nitrogens with zero attached hydrogens (tertiary/aromatic N) is 1. The molecule has 3 aromatic rings. The van der Waals surface area contributed by atoms with Crippen LogP contribution in [0.5, 0.6) is 0 Å². The van der Waals surface area contributed by atoms with Crippen LogP contribution in [0.4, 0.5) is 4.39 Å². The standard InChI is InChI=1S/C17H15FN2O/c18-16-6-2-1-5-15(16)17-8-7-14(21-17)12-20-11-13-4-3-9-19-10-13/h1-10,20H,11-12H2. The maximum atomic E-state index is 13.7. The second-order valence-electron chi connectivity index (χ2n) is 4.71. The monoisotopic (exact) mass is 282 g/mol. The molecule has 0 spiro atoms. The first kappa shape index (κ1) is 13.5. The van der Waals surface area contributed by atoms with Crippen molar-refractivity contribution in [2.75, 3.05) is 0 Å². The lowest BCUT2D eigenvalue weighted by molar-refractivity contribution is 0.490. The van der Waals surface area contributed by atoms with E-state index < -0.39 is 0 Å². The number of nitrogens with one attached hydrogen (secondary N) is 1. The molecule has 0 amide bonds. The summed E-state index contributed by atoms with van der Waals surface area (Å²) in [7, 11) is 0. The van der Waals surface area contributed by atoms with Crippen molar-refractivity contribution >= 4 is 0 Å². The second kappa shape index (κ2) is 6.33. The van der Waals surface area contributed by atoms with Crippen LogP contribution in [-0.4, -0.2) is 4.98 Å². The van der Waals surface area contributed by atoms with Gasteiger partial charge in [-0.2, -0.15) is 0 Å². The molecule has 4 heteroatoms. The minimum atomic E-state index is -0.276. The molecule has 2 aromatic heterocycles. The molecule has 0 aliphatic carbocycles. The lowest BCUT2D eigenvalue weighted by Crippen LogP contribution is -2.12. The van der Waals surface area contributed by atoms with E-state index in [1.165, 1.54) is 6.07 Å². The largest absolute Gasteiger partial charge is 0.460 e. The van der Waals surface area contributed by atoms with Crippen molar-refractivity contribution in [1.29, 1.82) is 0 Å². The van der Waals surface area contributed by atoms with Crippen molar-refractivity contribution in [2.45, 2.75) is 13.1 Å². The fourth-order valence-electron chi connectivity index (χ4n) is 2.11. The quantitative estimate of drug-likeness (QED) is 0.774. The zero-order valence-corrected chi connectivity index (χ0v) is 11.4. The minimum Gasteiger partial charge on any atom is -0.460 e. The number of aromatic nitrogens is 1. The lowest BCUT2D eigenvalue weighted by atomic mass is 10.1. The summed E-state index contributed by atoms with van der Waals surface area (Å²) in [5, 5.41) is 3.27. The van der Waals surface area contributed by atoms with Gasteiger partial charge in [-0.05, 0) is 35.9 Å². The van der Waals surface area contributed by atoms with Crippen LogP contribution in [0.2, 0.25) is 0 Å². The summed E-state index contributed by atoms with van der Waals surface area (Å²) in [4.78, 5) is 4.06. The number of halogens is 1. The highest BCUT2D eigenvalue weighted by Crippen LogP contribution is 2.24. The molecule has 0 unspecified atom stereocenters. The van der Waals surface area contributed by atoms with Gasteiger partial charge < -0.3 is 9.73 Å². The molecule has 3 nitrogen and oxygen atoms in total. The number of pyridine rings is 1. The summed E-state index contributed by atoms with van der Waals surface area (Å²) in [5.41, 5.74) is 1.59. The van der Waals surface area contributed by atoms with E-state index in [9.17, 15) is 4.39 Å². The number of benzene rings is 1. The lowest BCUT2D eigenvalue weighted by Gasteiger charge is -2.02. The molecule has 0 saturated heterocycles. The predicted octanol–water partition coefficient (Wildman–Crippen LogP) is 3.77. The van der Waals surface area contributed by atoms with Gasteiger partial charge in [-0.15, -0.1) is 0 Å². The minimum absolute atomic E-state index is 0.276. The highest BCUT2D eigenvalue weighted by molar-refractivity contribution is 5.58. The average molecular weight is 282 g/mol. The van der Waals surface area contributed by atoms with Crippen LogP contribution in [0.25, 0.3) is 11.3 Å². The van der Waals surface area contributed by atoms with Crippen LogP contribution in [-0.2, 0) is 13.1 Å².